The van der Waals surface area contributed by atoms with Gasteiger partial charge in [-0.05, 0) is 32.7 Å². The first kappa shape index (κ1) is 10.2. The lowest BCUT2D eigenvalue weighted by molar-refractivity contribution is 0.305. The fraction of sp³-hybridized carbons (Fsp3) is 1.00. The van der Waals surface area contributed by atoms with Crippen molar-refractivity contribution >= 4 is 12.4 Å². The molecule has 2 atom stereocenters. The van der Waals surface area contributed by atoms with Crippen LogP contribution in [-0.4, -0.2) is 18.8 Å². The van der Waals surface area contributed by atoms with Crippen LogP contribution >= 0.6 is 12.4 Å². The van der Waals surface area contributed by atoms with Gasteiger partial charge in [-0.1, -0.05) is 0 Å². The molecular weight excluding hydrogens is 153 g/mol. The number of halogens is 2. The van der Waals surface area contributed by atoms with Crippen molar-refractivity contribution in [2.24, 2.45) is 0 Å². The Morgan fingerprint density at radius 2 is 2.00 bits per heavy atom. The van der Waals surface area contributed by atoms with Crippen LogP contribution in [-0.2, 0) is 0 Å². The molecule has 0 amide bonds. The molecule has 62 valence electrons. The van der Waals surface area contributed by atoms with Gasteiger partial charge in [-0.3, -0.25) is 0 Å². The molecule has 0 spiro atoms. The lowest BCUT2D eigenvalue weighted by Gasteiger charge is -2.06. The Kier molecular flexibility index (Phi) is 5.00. The summed E-state index contributed by atoms with van der Waals surface area (Å²) in [7, 11) is 0. The van der Waals surface area contributed by atoms with E-state index in [9.17, 15) is 4.39 Å². The Balaban J connectivity index is 0.000000810. The van der Waals surface area contributed by atoms with E-state index in [0.717, 1.165) is 19.4 Å². The minimum absolute atomic E-state index is 0. The van der Waals surface area contributed by atoms with Crippen molar-refractivity contribution < 1.29 is 4.39 Å². The SMILES string of the molecule is C[C@H]1CC[C@@H](F)CCN1.Cl. The smallest absolute Gasteiger partial charge is 0.101 e. The second-order valence-electron chi connectivity index (χ2n) is 2.82. The van der Waals surface area contributed by atoms with Crippen molar-refractivity contribution in [3.8, 4) is 0 Å². The van der Waals surface area contributed by atoms with Crippen molar-refractivity contribution in [2.75, 3.05) is 6.54 Å². The van der Waals surface area contributed by atoms with Gasteiger partial charge in [0.05, 0.1) is 0 Å². The molecule has 0 aromatic carbocycles. The van der Waals surface area contributed by atoms with Gasteiger partial charge in [0, 0.05) is 6.04 Å². The monoisotopic (exact) mass is 167 g/mol. The number of hydrogen-bond donors (Lipinski definition) is 1. The second-order valence-corrected chi connectivity index (χ2v) is 2.82. The van der Waals surface area contributed by atoms with Gasteiger partial charge in [0.1, 0.15) is 6.17 Å². The van der Waals surface area contributed by atoms with E-state index in [1.807, 2.05) is 0 Å². The van der Waals surface area contributed by atoms with E-state index in [2.05, 4.69) is 12.2 Å². The Morgan fingerprint density at radius 1 is 1.30 bits per heavy atom. The molecule has 0 aromatic rings. The first-order valence-electron chi connectivity index (χ1n) is 3.66. The highest BCUT2D eigenvalue weighted by molar-refractivity contribution is 5.85. The minimum atomic E-state index is -0.553. The van der Waals surface area contributed by atoms with Crippen LogP contribution in [0.5, 0.6) is 0 Å². The van der Waals surface area contributed by atoms with Crippen LogP contribution in [0.4, 0.5) is 4.39 Å². The lowest BCUT2D eigenvalue weighted by atomic mass is 10.1. The number of nitrogens with one attached hydrogen (secondary N) is 1. The first-order valence-corrected chi connectivity index (χ1v) is 3.66. The third-order valence-electron chi connectivity index (χ3n) is 1.86. The van der Waals surface area contributed by atoms with Gasteiger partial charge >= 0.3 is 0 Å². The van der Waals surface area contributed by atoms with Gasteiger partial charge in [-0.15, -0.1) is 12.4 Å². The average Bonchev–Trinajstić information content (AvgIpc) is 1.97. The third kappa shape index (κ3) is 3.37. The Morgan fingerprint density at radius 3 is 2.70 bits per heavy atom. The molecule has 1 fully saturated rings. The van der Waals surface area contributed by atoms with Crippen LogP contribution in [0, 0.1) is 0 Å². The zero-order valence-corrected chi connectivity index (χ0v) is 7.09. The molecular formula is C7H15ClFN. The molecule has 0 radical (unpaired) electrons. The zero-order valence-electron chi connectivity index (χ0n) is 6.27. The molecule has 1 aliphatic rings. The van der Waals surface area contributed by atoms with Gasteiger partial charge < -0.3 is 5.32 Å². The molecule has 1 saturated heterocycles. The van der Waals surface area contributed by atoms with E-state index in [1.165, 1.54) is 0 Å². The summed E-state index contributed by atoms with van der Waals surface area (Å²) in [5, 5.41) is 3.23. The molecule has 0 bridgehead atoms. The summed E-state index contributed by atoms with van der Waals surface area (Å²) in [6, 6.07) is 0.519. The van der Waals surface area contributed by atoms with Gasteiger partial charge in [0.2, 0.25) is 0 Å². The van der Waals surface area contributed by atoms with E-state index in [0.29, 0.717) is 12.5 Å². The van der Waals surface area contributed by atoms with E-state index in [1.54, 1.807) is 0 Å². The van der Waals surface area contributed by atoms with Crippen LogP contribution in [0.1, 0.15) is 26.2 Å². The number of hydrogen-bond acceptors (Lipinski definition) is 1. The minimum Gasteiger partial charge on any atom is -0.314 e. The normalized spacial score (nSPS) is 34.2. The molecule has 0 unspecified atom stereocenters. The predicted octanol–water partition coefficient (Wildman–Crippen LogP) is 1.91. The fourth-order valence-electron chi connectivity index (χ4n) is 1.16. The maximum absolute atomic E-state index is 12.6. The molecule has 1 aliphatic heterocycles. The molecule has 1 rings (SSSR count). The van der Waals surface area contributed by atoms with E-state index < -0.39 is 6.17 Å². The zero-order chi connectivity index (χ0) is 6.69. The Labute approximate surface area is 67.8 Å². The van der Waals surface area contributed by atoms with Gasteiger partial charge in [-0.2, -0.15) is 0 Å². The second kappa shape index (κ2) is 4.91. The van der Waals surface area contributed by atoms with Crippen LogP contribution < -0.4 is 5.32 Å². The maximum atomic E-state index is 12.6. The Hall–Kier alpha value is 0.180. The van der Waals surface area contributed by atoms with Crippen LogP contribution in [0.3, 0.4) is 0 Å². The average molecular weight is 168 g/mol. The van der Waals surface area contributed by atoms with E-state index in [4.69, 9.17) is 0 Å². The fourth-order valence-corrected chi connectivity index (χ4v) is 1.16. The summed E-state index contributed by atoms with van der Waals surface area (Å²) in [5.74, 6) is 0. The molecule has 1 heterocycles. The highest BCUT2D eigenvalue weighted by Crippen LogP contribution is 2.11. The van der Waals surface area contributed by atoms with Crippen molar-refractivity contribution in [1.82, 2.24) is 5.32 Å². The molecule has 0 saturated carbocycles. The topological polar surface area (TPSA) is 12.0 Å². The van der Waals surface area contributed by atoms with Crippen LogP contribution in [0.15, 0.2) is 0 Å². The summed E-state index contributed by atoms with van der Waals surface area (Å²) < 4.78 is 12.6. The first-order chi connectivity index (χ1) is 4.29. The summed E-state index contributed by atoms with van der Waals surface area (Å²) in [6.07, 6.45) is 1.88. The summed E-state index contributed by atoms with van der Waals surface area (Å²) in [4.78, 5) is 0. The summed E-state index contributed by atoms with van der Waals surface area (Å²) in [5.41, 5.74) is 0. The summed E-state index contributed by atoms with van der Waals surface area (Å²) in [6.45, 7) is 2.96. The lowest BCUT2D eigenvalue weighted by Crippen LogP contribution is -2.24. The molecule has 1 nitrogen and oxygen atoms in total. The highest BCUT2D eigenvalue weighted by atomic mass is 35.5. The van der Waals surface area contributed by atoms with Gasteiger partial charge in [-0.25, -0.2) is 4.39 Å². The summed E-state index contributed by atoms with van der Waals surface area (Å²) >= 11 is 0. The van der Waals surface area contributed by atoms with Crippen molar-refractivity contribution in [3.63, 3.8) is 0 Å². The molecule has 0 aliphatic carbocycles. The predicted molar refractivity (Wildman–Crippen MR) is 43.5 cm³/mol. The van der Waals surface area contributed by atoms with E-state index in [-0.39, 0.29) is 12.4 Å². The van der Waals surface area contributed by atoms with Crippen LogP contribution in [0.25, 0.3) is 0 Å². The van der Waals surface area contributed by atoms with Gasteiger partial charge in [0.15, 0.2) is 0 Å². The molecule has 1 N–H and O–H groups in total. The molecule has 10 heavy (non-hydrogen) atoms. The highest BCUT2D eigenvalue weighted by Gasteiger charge is 2.13. The van der Waals surface area contributed by atoms with Crippen molar-refractivity contribution in [1.29, 1.82) is 0 Å². The van der Waals surface area contributed by atoms with Crippen molar-refractivity contribution in [3.05, 3.63) is 0 Å². The largest absolute Gasteiger partial charge is 0.314 e. The molecule has 3 heteroatoms. The molecule has 0 aromatic heterocycles. The Bertz CT molecular complexity index is 79.7. The standard InChI is InChI=1S/C7H14FN.ClH/c1-6-2-3-7(8)4-5-9-6;/h6-7,9H,2-5H2,1H3;1H/t6-,7+;/m0./s1. The van der Waals surface area contributed by atoms with E-state index >= 15 is 0 Å². The van der Waals surface area contributed by atoms with Crippen LogP contribution in [0.2, 0.25) is 0 Å². The van der Waals surface area contributed by atoms with Crippen molar-refractivity contribution in [2.45, 2.75) is 38.4 Å². The number of rotatable bonds is 0. The maximum Gasteiger partial charge on any atom is 0.101 e. The third-order valence-corrected chi connectivity index (χ3v) is 1.86. The van der Waals surface area contributed by atoms with Gasteiger partial charge in [0.25, 0.3) is 0 Å². The number of alkyl halides is 1. The quantitative estimate of drug-likeness (QED) is 0.581.